The first kappa shape index (κ1) is 8.89. The zero-order valence-corrected chi connectivity index (χ0v) is 8.84. The van der Waals surface area contributed by atoms with Crippen LogP contribution in [0.3, 0.4) is 0 Å². The molecule has 1 aromatic rings. The van der Waals surface area contributed by atoms with Crippen LogP contribution < -0.4 is 0 Å². The Morgan fingerprint density at radius 1 is 1.31 bits per heavy atom. The van der Waals surface area contributed by atoms with E-state index in [-0.39, 0.29) is 0 Å². The summed E-state index contributed by atoms with van der Waals surface area (Å²) in [5, 5.41) is 0.671. The minimum absolute atomic E-state index is 0.357. The SMILES string of the molecule is CC=CC1(C)SC1c1ccccc1. The number of hydrogen-bond donors (Lipinski definition) is 0. The summed E-state index contributed by atoms with van der Waals surface area (Å²) in [7, 11) is 0. The molecule has 0 bridgehead atoms. The van der Waals surface area contributed by atoms with Gasteiger partial charge in [-0.3, -0.25) is 0 Å². The van der Waals surface area contributed by atoms with Crippen LogP contribution >= 0.6 is 11.8 Å². The molecule has 1 aromatic carbocycles. The smallest absolute Gasteiger partial charge is 0.0485 e. The molecule has 13 heavy (non-hydrogen) atoms. The van der Waals surface area contributed by atoms with Gasteiger partial charge < -0.3 is 0 Å². The fourth-order valence-electron chi connectivity index (χ4n) is 1.70. The topological polar surface area (TPSA) is 0 Å². The van der Waals surface area contributed by atoms with E-state index in [4.69, 9.17) is 0 Å². The van der Waals surface area contributed by atoms with Crippen LogP contribution in [-0.4, -0.2) is 4.75 Å². The fourth-order valence-corrected chi connectivity index (χ4v) is 2.87. The molecule has 1 aliphatic rings. The third-order valence-corrected chi connectivity index (χ3v) is 4.06. The van der Waals surface area contributed by atoms with Gasteiger partial charge in [-0.15, -0.1) is 11.8 Å². The Bertz CT molecular complexity index is 315. The summed E-state index contributed by atoms with van der Waals surface area (Å²) in [4.78, 5) is 0. The van der Waals surface area contributed by atoms with Gasteiger partial charge in [0.1, 0.15) is 0 Å². The highest BCUT2D eigenvalue weighted by molar-refractivity contribution is 8.08. The molecule has 1 saturated heterocycles. The third-order valence-electron chi connectivity index (χ3n) is 2.44. The summed E-state index contributed by atoms with van der Waals surface area (Å²) in [5.41, 5.74) is 1.45. The maximum absolute atomic E-state index is 2.30. The number of allylic oxidation sites excluding steroid dienone is 1. The van der Waals surface area contributed by atoms with E-state index in [1.54, 1.807) is 0 Å². The molecule has 0 aromatic heterocycles. The second-order valence-electron chi connectivity index (χ2n) is 3.59. The molecule has 0 spiro atoms. The zero-order valence-electron chi connectivity index (χ0n) is 8.03. The van der Waals surface area contributed by atoms with Gasteiger partial charge in [0.25, 0.3) is 0 Å². The Balaban J connectivity index is 2.16. The van der Waals surface area contributed by atoms with E-state index in [1.165, 1.54) is 5.56 Å². The van der Waals surface area contributed by atoms with Gasteiger partial charge in [-0.05, 0) is 19.4 Å². The molecule has 0 N–H and O–H groups in total. The zero-order chi connectivity index (χ0) is 9.31. The van der Waals surface area contributed by atoms with Gasteiger partial charge in [0.2, 0.25) is 0 Å². The van der Waals surface area contributed by atoms with Crippen LogP contribution in [0.5, 0.6) is 0 Å². The lowest BCUT2D eigenvalue weighted by atomic mass is 10.0. The number of benzene rings is 1. The molecule has 0 saturated carbocycles. The van der Waals surface area contributed by atoms with Gasteiger partial charge >= 0.3 is 0 Å². The summed E-state index contributed by atoms with van der Waals surface area (Å²) >= 11 is 2.03. The summed E-state index contributed by atoms with van der Waals surface area (Å²) in [6.07, 6.45) is 4.45. The second-order valence-corrected chi connectivity index (χ2v) is 5.18. The second kappa shape index (κ2) is 3.22. The molecule has 0 nitrogen and oxygen atoms in total. The van der Waals surface area contributed by atoms with Gasteiger partial charge in [0.15, 0.2) is 0 Å². The Kier molecular flexibility index (Phi) is 2.20. The average molecular weight is 190 g/mol. The van der Waals surface area contributed by atoms with Crippen molar-refractivity contribution in [3.63, 3.8) is 0 Å². The predicted molar refractivity (Wildman–Crippen MR) is 60.0 cm³/mol. The summed E-state index contributed by atoms with van der Waals surface area (Å²) in [6.45, 7) is 4.39. The molecule has 1 heterocycles. The lowest BCUT2D eigenvalue weighted by Gasteiger charge is -2.01. The van der Waals surface area contributed by atoms with E-state index in [0.717, 1.165) is 0 Å². The van der Waals surface area contributed by atoms with E-state index >= 15 is 0 Å². The van der Waals surface area contributed by atoms with Crippen molar-refractivity contribution in [2.24, 2.45) is 0 Å². The molecule has 1 heteroatoms. The molecule has 1 aliphatic heterocycles. The molecule has 2 rings (SSSR count). The lowest BCUT2D eigenvalue weighted by Crippen LogP contribution is -1.99. The normalized spacial score (nSPS) is 32.3. The first-order valence-corrected chi connectivity index (χ1v) is 5.51. The van der Waals surface area contributed by atoms with Crippen molar-refractivity contribution in [1.29, 1.82) is 0 Å². The summed E-state index contributed by atoms with van der Waals surface area (Å²) in [6, 6.07) is 10.7. The van der Waals surface area contributed by atoms with Crippen LogP contribution in [0.15, 0.2) is 42.5 Å². The highest BCUT2D eigenvalue weighted by atomic mass is 32.2. The van der Waals surface area contributed by atoms with Crippen molar-refractivity contribution in [2.75, 3.05) is 0 Å². The Labute approximate surface area is 84.0 Å². The van der Waals surface area contributed by atoms with E-state index in [1.807, 2.05) is 11.8 Å². The van der Waals surface area contributed by atoms with E-state index in [2.05, 4.69) is 56.3 Å². The molecule has 0 aliphatic carbocycles. The quantitative estimate of drug-likeness (QED) is 0.505. The number of rotatable bonds is 2. The minimum Gasteiger partial charge on any atom is -0.140 e. The monoisotopic (exact) mass is 190 g/mol. The van der Waals surface area contributed by atoms with Crippen LogP contribution in [0.4, 0.5) is 0 Å². The largest absolute Gasteiger partial charge is 0.140 e. The predicted octanol–water partition coefficient (Wildman–Crippen LogP) is 3.81. The standard InChI is InChI=1S/C12H14S/c1-3-9-12(2)11(13-12)10-7-5-4-6-8-10/h3-9,11H,1-2H3. The number of thioether (sulfide) groups is 1. The molecular formula is C12H14S. The molecule has 68 valence electrons. The highest BCUT2D eigenvalue weighted by Gasteiger charge is 2.49. The Morgan fingerprint density at radius 3 is 2.62 bits per heavy atom. The van der Waals surface area contributed by atoms with Gasteiger partial charge in [0, 0.05) is 10.00 Å². The highest BCUT2D eigenvalue weighted by Crippen LogP contribution is 2.65. The van der Waals surface area contributed by atoms with Crippen LogP contribution in [0.25, 0.3) is 0 Å². The van der Waals surface area contributed by atoms with Crippen molar-refractivity contribution >= 4 is 11.8 Å². The maximum atomic E-state index is 2.30. The van der Waals surface area contributed by atoms with Crippen molar-refractivity contribution in [2.45, 2.75) is 23.8 Å². The first-order valence-electron chi connectivity index (χ1n) is 4.63. The molecule has 0 radical (unpaired) electrons. The van der Waals surface area contributed by atoms with Crippen molar-refractivity contribution < 1.29 is 0 Å². The summed E-state index contributed by atoms with van der Waals surface area (Å²) in [5.74, 6) is 0. The minimum atomic E-state index is 0.357. The molecule has 0 amide bonds. The maximum Gasteiger partial charge on any atom is 0.0485 e. The van der Waals surface area contributed by atoms with Crippen molar-refractivity contribution in [3.05, 3.63) is 48.0 Å². The molecule has 2 atom stereocenters. The molecular weight excluding hydrogens is 176 g/mol. The van der Waals surface area contributed by atoms with Crippen LogP contribution in [0, 0.1) is 0 Å². The van der Waals surface area contributed by atoms with Crippen LogP contribution in [0.1, 0.15) is 24.7 Å². The Morgan fingerprint density at radius 2 is 2.00 bits per heavy atom. The first-order chi connectivity index (χ1) is 6.26. The fraction of sp³-hybridized carbons (Fsp3) is 0.333. The lowest BCUT2D eigenvalue weighted by molar-refractivity contribution is 0.873. The summed E-state index contributed by atoms with van der Waals surface area (Å²) < 4.78 is 0.357. The van der Waals surface area contributed by atoms with Gasteiger partial charge in [-0.1, -0.05) is 42.5 Å². The van der Waals surface area contributed by atoms with Gasteiger partial charge in [-0.25, -0.2) is 0 Å². The van der Waals surface area contributed by atoms with E-state index < -0.39 is 0 Å². The number of hydrogen-bond acceptors (Lipinski definition) is 1. The molecule has 1 fully saturated rings. The van der Waals surface area contributed by atoms with Crippen molar-refractivity contribution in [3.8, 4) is 0 Å². The van der Waals surface area contributed by atoms with Gasteiger partial charge in [0.05, 0.1) is 0 Å². The van der Waals surface area contributed by atoms with Gasteiger partial charge in [-0.2, -0.15) is 0 Å². The average Bonchev–Trinajstić information content (AvgIpc) is 2.80. The third kappa shape index (κ3) is 1.66. The molecule has 2 unspecified atom stereocenters. The van der Waals surface area contributed by atoms with Crippen LogP contribution in [0.2, 0.25) is 0 Å². The van der Waals surface area contributed by atoms with Crippen molar-refractivity contribution in [1.82, 2.24) is 0 Å². The van der Waals surface area contributed by atoms with E-state index in [9.17, 15) is 0 Å². The Hall–Kier alpha value is -0.690. The van der Waals surface area contributed by atoms with Crippen LogP contribution in [-0.2, 0) is 0 Å². The van der Waals surface area contributed by atoms with E-state index in [0.29, 0.717) is 10.00 Å².